The number of hydrogen-bond donors (Lipinski definition) is 1. The molecule has 1 aliphatic rings. The van der Waals surface area contributed by atoms with E-state index in [2.05, 4.69) is 0 Å². The van der Waals surface area contributed by atoms with Crippen LogP contribution in [-0.4, -0.2) is 12.1 Å². The van der Waals surface area contributed by atoms with E-state index >= 15 is 0 Å². The van der Waals surface area contributed by atoms with E-state index in [9.17, 15) is 5.02 Å². The highest BCUT2D eigenvalue weighted by Crippen LogP contribution is 2.18. The van der Waals surface area contributed by atoms with Gasteiger partial charge in [0.1, 0.15) is 0 Å². The van der Waals surface area contributed by atoms with Crippen molar-refractivity contribution in [2.75, 3.05) is 0 Å². The smallest absolute Gasteiger partial charge is 0.423 e. The van der Waals surface area contributed by atoms with Gasteiger partial charge in [0.05, 0.1) is 18.2 Å². The van der Waals surface area contributed by atoms with Gasteiger partial charge < -0.3 is 9.68 Å². The van der Waals surface area contributed by atoms with Crippen LogP contribution < -0.4 is 5.46 Å². The molecule has 0 aromatic heterocycles. The van der Waals surface area contributed by atoms with E-state index < -0.39 is 7.12 Å². The molecule has 0 aliphatic carbocycles. The Balaban J connectivity index is 2.66. The Hall–Kier alpha value is -1.02. The van der Waals surface area contributed by atoms with Gasteiger partial charge in [0.2, 0.25) is 0 Å². The minimum Gasteiger partial charge on any atom is -0.423 e. The van der Waals surface area contributed by atoms with Crippen LogP contribution in [0.3, 0.4) is 0 Å². The molecule has 0 spiro atoms. The molecular formula is C8H5BClNO2. The number of rotatable bonds is 0. The van der Waals surface area contributed by atoms with Gasteiger partial charge in [0, 0.05) is 10.5 Å². The van der Waals surface area contributed by atoms with Gasteiger partial charge in [-0.05, 0) is 17.7 Å². The zero-order valence-corrected chi connectivity index (χ0v) is 7.38. The number of hydrogen-bond acceptors (Lipinski definition) is 3. The van der Waals surface area contributed by atoms with Gasteiger partial charge in [-0.2, -0.15) is 5.26 Å². The normalized spacial score (nSPS) is 14.1. The van der Waals surface area contributed by atoms with E-state index in [-0.39, 0.29) is 0 Å². The number of halogens is 1. The summed E-state index contributed by atoms with van der Waals surface area (Å²) in [5.41, 5.74) is 1.72. The summed E-state index contributed by atoms with van der Waals surface area (Å²) >= 11 is 5.77. The van der Waals surface area contributed by atoms with Crippen LogP contribution in [0.25, 0.3) is 0 Å². The van der Waals surface area contributed by atoms with E-state index in [4.69, 9.17) is 21.5 Å². The SMILES string of the molecule is N#Cc1cc(Cl)cc2c1B(O)OC2. The fourth-order valence-electron chi connectivity index (χ4n) is 1.43. The molecule has 0 saturated heterocycles. The van der Waals surface area contributed by atoms with Crippen LogP contribution in [0.4, 0.5) is 0 Å². The topological polar surface area (TPSA) is 53.2 Å². The largest absolute Gasteiger partial charge is 0.493 e. The Labute approximate surface area is 80.7 Å². The van der Waals surface area contributed by atoms with Crippen LogP contribution >= 0.6 is 11.6 Å². The first-order valence-corrected chi connectivity index (χ1v) is 4.12. The maximum absolute atomic E-state index is 9.37. The summed E-state index contributed by atoms with van der Waals surface area (Å²) in [6, 6.07) is 5.20. The summed E-state index contributed by atoms with van der Waals surface area (Å²) in [6.45, 7) is 0.311. The van der Waals surface area contributed by atoms with Crippen LogP contribution in [0.15, 0.2) is 12.1 Å². The zero-order chi connectivity index (χ0) is 9.42. The fourth-order valence-corrected chi connectivity index (χ4v) is 1.67. The van der Waals surface area contributed by atoms with Crippen molar-refractivity contribution in [2.45, 2.75) is 6.61 Å². The molecule has 64 valence electrons. The highest BCUT2D eigenvalue weighted by molar-refractivity contribution is 6.62. The van der Waals surface area contributed by atoms with Crippen molar-refractivity contribution in [1.29, 1.82) is 5.26 Å². The van der Waals surface area contributed by atoms with Crippen molar-refractivity contribution >= 4 is 24.2 Å². The summed E-state index contributed by atoms with van der Waals surface area (Å²) in [5.74, 6) is 0. The predicted octanol–water partition coefficient (Wildman–Crippen LogP) is 0.429. The molecule has 1 aliphatic heterocycles. The average molecular weight is 193 g/mol. The van der Waals surface area contributed by atoms with Crippen LogP contribution in [0, 0.1) is 11.3 Å². The predicted molar refractivity (Wildman–Crippen MR) is 48.6 cm³/mol. The van der Waals surface area contributed by atoms with Crippen molar-refractivity contribution in [3.63, 3.8) is 0 Å². The number of fused-ring (bicyclic) bond motifs is 1. The van der Waals surface area contributed by atoms with E-state index in [0.717, 1.165) is 5.56 Å². The molecule has 1 aromatic rings. The van der Waals surface area contributed by atoms with Gasteiger partial charge in [-0.1, -0.05) is 11.6 Å². The maximum Gasteiger partial charge on any atom is 0.493 e. The maximum atomic E-state index is 9.37. The summed E-state index contributed by atoms with van der Waals surface area (Å²) < 4.78 is 4.97. The Morgan fingerprint density at radius 2 is 2.38 bits per heavy atom. The van der Waals surface area contributed by atoms with Crippen molar-refractivity contribution in [3.05, 3.63) is 28.3 Å². The summed E-state index contributed by atoms with van der Waals surface area (Å²) in [6.07, 6.45) is 0. The average Bonchev–Trinajstić information content (AvgIpc) is 2.46. The second-order valence-electron chi connectivity index (χ2n) is 2.80. The van der Waals surface area contributed by atoms with E-state index in [1.54, 1.807) is 6.07 Å². The monoisotopic (exact) mass is 193 g/mol. The first-order valence-electron chi connectivity index (χ1n) is 3.74. The van der Waals surface area contributed by atoms with E-state index in [0.29, 0.717) is 22.7 Å². The third-order valence-corrected chi connectivity index (χ3v) is 2.21. The van der Waals surface area contributed by atoms with Crippen LogP contribution in [-0.2, 0) is 11.3 Å². The lowest BCUT2D eigenvalue weighted by atomic mass is 9.76. The van der Waals surface area contributed by atoms with Crippen molar-refractivity contribution in [3.8, 4) is 6.07 Å². The molecule has 3 nitrogen and oxygen atoms in total. The second-order valence-corrected chi connectivity index (χ2v) is 3.24. The quantitative estimate of drug-likeness (QED) is 0.608. The van der Waals surface area contributed by atoms with E-state index in [1.807, 2.05) is 6.07 Å². The molecule has 0 radical (unpaired) electrons. The lowest BCUT2D eigenvalue weighted by Gasteiger charge is -2.01. The first-order chi connectivity index (χ1) is 6.22. The zero-order valence-electron chi connectivity index (χ0n) is 6.62. The van der Waals surface area contributed by atoms with Crippen LogP contribution in [0.2, 0.25) is 5.02 Å². The summed E-state index contributed by atoms with van der Waals surface area (Å²) in [4.78, 5) is 0. The third kappa shape index (κ3) is 1.31. The minimum absolute atomic E-state index is 0.311. The minimum atomic E-state index is -0.984. The second kappa shape index (κ2) is 3.04. The van der Waals surface area contributed by atoms with Crippen molar-refractivity contribution in [1.82, 2.24) is 0 Å². The molecule has 5 heteroatoms. The van der Waals surface area contributed by atoms with Gasteiger partial charge in [0.25, 0.3) is 0 Å². The molecule has 0 atom stereocenters. The Morgan fingerprint density at radius 1 is 1.62 bits per heavy atom. The number of benzene rings is 1. The fraction of sp³-hybridized carbons (Fsp3) is 0.125. The third-order valence-electron chi connectivity index (χ3n) is 1.99. The molecule has 0 unspecified atom stereocenters. The molecule has 0 bridgehead atoms. The van der Waals surface area contributed by atoms with Gasteiger partial charge >= 0.3 is 7.12 Å². The van der Waals surface area contributed by atoms with Gasteiger partial charge in [-0.15, -0.1) is 0 Å². The van der Waals surface area contributed by atoms with Crippen LogP contribution in [0.1, 0.15) is 11.1 Å². The molecular weight excluding hydrogens is 188 g/mol. The van der Waals surface area contributed by atoms with Gasteiger partial charge in [0.15, 0.2) is 0 Å². The Bertz CT molecular complexity index is 402. The standard InChI is InChI=1S/C8H5BClNO2/c10-7-1-5(3-11)8-6(2-7)4-13-9(8)12/h1-2,12H,4H2. The number of nitriles is 1. The Morgan fingerprint density at radius 3 is 3.08 bits per heavy atom. The molecule has 0 fully saturated rings. The molecule has 1 aromatic carbocycles. The van der Waals surface area contributed by atoms with Gasteiger partial charge in [-0.3, -0.25) is 0 Å². The Kier molecular flexibility index (Phi) is 2.00. The van der Waals surface area contributed by atoms with Gasteiger partial charge in [-0.25, -0.2) is 0 Å². The summed E-state index contributed by atoms with van der Waals surface area (Å²) in [7, 11) is -0.984. The molecule has 13 heavy (non-hydrogen) atoms. The highest BCUT2D eigenvalue weighted by Gasteiger charge is 2.30. The van der Waals surface area contributed by atoms with Crippen molar-refractivity contribution < 1.29 is 9.68 Å². The van der Waals surface area contributed by atoms with E-state index in [1.165, 1.54) is 6.07 Å². The summed E-state index contributed by atoms with van der Waals surface area (Å²) in [5, 5.41) is 18.6. The molecule has 1 heterocycles. The first kappa shape index (κ1) is 8.58. The highest BCUT2D eigenvalue weighted by atomic mass is 35.5. The van der Waals surface area contributed by atoms with Crippen LogP contribution in [0.5, 0.6) is 0 Å². The molecule has 0 amide bonds. The lowest BCUT2D eigenvalue weighted by Crippen LogP contribution is -2.30. The molecule has 2 rings (SSSR count). The molecule has 1 N–H and O–H groups in total. The molecule has 0 saturated carbocycles. The van der Waals surface area contributed by atoms with Crippen molar-refractivity contribution in [2.24, 2.45) is 0 Å². The lowest BCUT2D eigenvalue weighted by molar-refractivity contribution is 0.275. The number of nitrogens with zero attached hydrogens (tertiary/aromatic N) is 1.